The lowest BCUT2D eigenvalue weighted by Crippen LogP contribution is -2.54. The summed E-state index contributed by atoms with van der Waals surface area (Å²) in [6, 6.07) is 7.96. The minimum absolute atomic E-state index is 0.0742. The van der Waals surface area contributed by atoms with Gasteiger partial charge < -0.3 is 19.3 Å². The zero-order chi connectivity index (χ0) is 20.4. The fraction of sp³-hybridized carbons (Fsp3) is 0.636. The molecule has 2 fully saturated rings. The molecule has 7 heteroatoms. The van der Waals surface area contributed by atoms with Gasteiger partial charge in [-0.2, -0.15) is 0 Å². The van der Waals surface area contributed by atoms with Crippen LogP contribution in [-0.4, -0.2) is 91.6 Å². The van der Waals surface area contributed by atoms with Crippen molar-refractivity contribution in [3.63, 3.8) is 0 Å². The zero-order valence-electron chi connectivity index (χ0n) is 17.4. The van der Waals surface area contributed by atoms with E-state index < -0.39 is 5.60 Å². The van der Waals surface area contributed by atoms with Gasteiger partial charge in [0.15, 0.2) is 0 Å². The Morgan fingerprint density at radius 2 is 1.86 bits per heavy atom. The van der Waals surface area contributed by atoms with E-state index in [0.717, 1.165) is 52.0 Å². The Morgan fingerprint density at radius 1 is 1.17 bits per heavy atom. The number of nitrogens with zero attached hydrogens (tertiary/aromatic N) is 3. The number of ether oxygens (including phenoxy) is 2. The number of hydrogen-bond acceptors (Lipinski definition) is 5. The van der Waals surface area contributed by atoms with Gasteiger partial charge in [0.2, 0.25) is 5.91 Å². The summed E-state index contributed by atoms with van der Waals surface area (Å²) in [5.74, 6) is 0.444. The summed E-state index contributed by atoms with van der Waals surface area (Å²) < 4.78 is 12.0. The molecule has 2 amide bonds. The molecule has 1 saturated carbocycles. The number of amides is 2. The van der Waals surface area contributed by atoms with Crippen LogP contribution in [0.1, 0.15) is 36.0 Å². The number of fused-ring (bicyclic) bond motifs is 1. The van der Waals surface area contributed by atoms with Crippen LogP contribution in [-0.2, 0) is 9.53 Å². The summed E-state index contributed by atoms with van der Waals surface area (Å²) in [6.45, 7) is 4.13. The Labute approximate surface area is 172 Å². The first-order chi connectivity index (χ1) is 14.0. The second kappa shape index (κ2) is 8.32. The predicted molar refractivity (Wildman–Crippen MR) is 109 cm³/mol. The van der Waals surface area contributed by atoms with Crippen LogP contribution in [0.4, 0.5) is 0 Å². The van der Waals surface area contributed by atoms with Crippen molar-refractivity contribution in [1.82, 2.24) is 14.7 Å². The highest BCUT2D eigenvalue weighted by Gasteiger charge is 2.44. The zero-order valence-corrected chi connectivity index (χ0v) is 17.4. The first kappa shape index (κ1) is 20.2. The van der Waals surface area contributed by atoms with Crippen LogP contribution in [0.2, 0.25) is 0 Å². The first-order valence-corrected chi connectivity index (χ1v) is 10.6. The van der Waals surface area contributed by atoms with E-state index in [1.165, 1.54) is 4.90 Å². The summed E-state index contributed by atoms with van der Waals surface area (Å²) in [5, 5.41) is 0. The maximum absolute atomic E-state index is 13.2. The lowest BCUT2D eigenvalue weighted by molar-refractivity contribution is -0.130. The van der Waals surface area contributed by atoms with Crippen molar-refractivity contribution < 1.29 is 19.1 Å². The van der Waals surface area contributed by atoms with E-state index in [2.05, 4.69) is 4.90 Å². The highest BCUT2D eigenvalue weighted by molar-refractivity contribution is 5.99. The molecule has 2 aliphatic heterocycles. The third-order valence-electron chi connectivity index (χ3n) is 6.46. The van der Waals surface area contributed by atoms with Crippen molar-refractivity contribution >= 4 is 11.8 Å². The number of para-hydroxylation sites is 1. The molecule has 1 saturated heterocycles. The SMILES string of the molecule is CN(C)C(=O)CN1CC2(CCC(N3CCOCC3)CC2)Oc2ccccc2C1=O. The van der Waals surface area contributed by atoms with Gasteiger partial charge in [0.1, 0.15) is 17.9 Å². The van der Waals surface area contributed by atoms with E-state index in [-0.39, 0.29) is 18.4 Å². The van der Waals surface area contributed by atoms with E-state index in [1.54, 1.807) is 25.1 Å². The molecule has 1 aliphatic carbocycles. The number of likely N-dealkylation sites (N-methyl/N-ethyl adjacent to an activating group) is 1. The van der Waals surface area contributed by atoms with Gasteiger partial charge >= 0.3 is 0 Å². The number of benzene rings is 1. The van der Waals surface area contributed by atoms with E-state index in [1.807, 2.05) is 18.2 Å². The van der Waals surface area contributed by atoms with Crippen molar-refractivity contribution in [1.29, 1.82) is 0 Å². The molecule has 0 aromatic heterocycles. The lowest BCUT2D eigenvalue weighted by Gasteiger charge is -2.45. The fourth-order valence-corrected chi connectivity index (χ4v) is 4.72. The van der Waals surface area contributed by atoms with Gasteiger partial charge in [-0.25, -0.2) is 0 Å². The Morgan fingerprint density at radius 3 is 2.55 bits per heavy atom. The Balaban J connectivity index is 1.55. The first-order valence-electron chi connectivity index (χ1n) is 10.6. The minimum atomic E-state index is -0.433. The van der Waals surface area contributed by atoms with E-state index in [9.17, 15) is 9.59 Å². The van der Waals surface area contributed by atoms with Crippen LogP contribution in [0, 0.1) is 0 Å². The van der Waals surface area contributed by atoms with Crippen molar-refractivity contribution in [2.45, 2.75) is 37.3 Å². The van der Waals surface area contributed by atoms with Gasteiger partial charge in [-0.05, 0) is 37.8 Å². The summed E-state index contributed by atoms with van der Waals surface area (Å²) >= 11 is 0. The van der Waals surface area contributed by atoms with Crippen LogP contribution < -0.4 is 4.74 Å². The second-order valence-electron chi connectivity index (χ2n) is 8.61. The summed E-state index contributed by atoms with van der Waals surface area (Å²) in [6.07, 6.45) is 3.82. The van der Waals surface area contributed by atoms with Gasteiger partial charge in [-0.15, -0.1) is 0 Å². The minimum Gasteiger partial charge on any atom is -0.485 e. The van der Waals surface area contributed by atoms with Crippen LogP contribution in [0.15, 0.2) is 24.3 Å². The standard InChI is InChI=1S/C22H31N3O4/c1-23(2)20(26)15-25-16-22(29-19-6-4-3-5-18(19)21(25)27)9-7-17(8-10-22)24-11-13-28-14-12-24/h3-6,17H,7-16H2,1-2H3. The molecule has 158 valence electrons. The molecule has 0 bridgehead atoms. The van der Waals surface area contributed by atoms with Gasteiger partial charge in [0.25, 0.3) is 5.91 Å². The lowest BCUT2D eigenvalue weighted by atomic mass is 9.80. The Kier molecular flexibility index (Phi) is 5.79. The highest BCUT2D eigenvalue weighted by atomic mass is 16.5. The number of hydrogen-bond donors (Lipinski definition) is 0. The summed E-state index contributed by atoms with van der Waals surface area (Å²) in [7, 11) is 3.44. The molecule has 7 nitrogen and oxygen atoms in total. The largest absolute Gasteiger partial charge is 0.485 e. The third-order valence-corrected chi connectivity index (χ3v) is 6.46. The highest BCUT2D eigenvalue weighted by Crippen LogP contribution is 2.39. The van der Waals surface area contributed by atoms with Crippen molar-refractivity contribution in [3.05, 3.63) is 29.8 Å². The average molecular weight is 402 g/mol. The second-order valence-corrected chi connectivity index (χ2v) is 8.61. The average Bonchev–Trinajstić information content (AvgIpc) is 2.84. The molecule has 29 heavy (non-hydrogen) atoms. The van der Waals surface area contributed by atoms with Crippen molar-refractivity contribution in [2.24, 2.45) is 0 Å². The fourth-order valence-electron chi connectivity index (χ4n) is 4.72. The maximum Gasteiger partial charge on any atom is 0.258 e. The Hall–Kier alpha value is -2.12. The Bertz CT molecular complexity index is 752. The molecule has 2 heterocycles. The molecular weight excluding hydrogens is 370 g/mol. The smallest absolute Gasteiger partial charge is 0.258 e. The molecule has 4 rings (SSSR count). The van der Waals surface area contributed by atoms with E-state index >= 15 is 0 Å². The predicted octanol–water partition coefficient (Wildman–Crippen LogP) is 1.62. The van der Waals surface area contributed by atoms with Gasteiger partial charge in [-0.3, -0.25) is 14.5 Å². The molecule has 0 atom stereocenters. The maximum atomic E-state index is 13.2. The molecule has 3 aliphatic rings. The molecule has 0 N–H and O–H groups in total. The van der Waals surface area contributed by atoms with Gasteiger partial charge in [-0.1, -0.05) is 12.1 Å². The van der Waals surface area contributed by atoms with Gasteiger partial charge in [0.05, 0.1) is 25.3 Å². The third kappa shape index (κ3) is 4.26. The normalized spacial score (nSPS) is 27.9. The summed E-state index contributed by atoms with van der Waals surface area (Å²) in [5.41, 5.74) is 0.115. The molecule has 1 spiro atoms. The number of carbonyl (C=O) groups is 2. The molecule has 0 radical (unpaired) electrons. The number of carbonyl (C=O) groups excluding carboxylic acids is 2. The van der Waals surface area contributed by atoms with Crippen molar-refractivity contribution in [2.75, 3.05) is 53.5 Å². The van der Waals surface area contributed by atoms with E-state index in [0.29, 0.717) is 23.9 Å². The molecule has 0 unspecified atom stereocenters. The van der Waals surface area contributed by atoms with Gasteiger partial charge in [0, 0.05) is 33.2 Å². The number of rotatable bonds is 3. The quantitative estimate of drug-likeness (QED) is 0.770. The number of morpholine rings is 1. The molecular formula is C22H31N3O4. The summed E-state index contributed by atoms with van der Waals surface area (Å²) in [4.78, 5) is 31.3. The molecule has 1 aromatic carbocycles. The van der Waals surface area contributed by atoms with Crippen LogP contribution in [0.25, 0.3) is 0 Å². The van der Waals surface area contributed by atoms with Crippen LogP contribution >= 0.6 is 0 Å². The topological polar surface area (TPSA) is 62.3 Å². The van der Waals surface area contributed by atoms with E-state index in [4.69, 9.17) is 9.47 Å². The van der Waals surface area contributed by atoms with Crippen molar-refractivity contribution in [3.8, 4) is 5.75 Å². The molecule has 1 aromatic rings. The van der Waals surface area contributed by atoms with Crippen LogP contribution in [0.3, 0.4) is 0 Å². The van der Waals surface area contributed by atoms with Crippen LogP contribution in [0.5, 0.6) is 5.75 Å². The monoisotopic (exact) mass is 401 g/mol.